The Bertz CT molecular complexity index is 534. The molecule has 1 saturated heterocycles. The van der Waals surface area contributed by atoms with Gasteiger partial charge in [-0.2, -0.15) is 0 Å². The third-order valence-corrected chi connectivity index (χ3v) is 6.01. The molecule has 1 aromatic rings. The molecule has 1 aromatic carbocycles. The molecule has 3 nitrogen and oxygen atoms in total. The van der Waals surface area contributed by atoms with Crippen LogP contribution in [-0.4, -0.2) is 32.5 Å². The molecule has 0 spiro atoms. The minimum absolute atomic E-state index is 0.159. The lowest BCUT2D eigenvalue weighted by Crippen LogP contribution is -2.40. The van der Waals surface area contributed by atoms with Crippen LogP contribution in [-0.2, 0) is 16.3 Å². The van der Waals surface area contributed by atoms with E-state index in [0.29, 0.717) is 17.4 Å². The summed E-state index contributed by atoms with van der Waals surface area (Å²) in [6, 6.07) is 9.00. The average molecular weight is 309 g/mol. The van der Waals surface area contributed by atoms with E-state index in [2.05, 4.69) is 43.4 Å². The van der Waals surface area contributed by atoms with Crippen LogP contribution in [0.5, 0.6) is 0 Å². The van der Waals surface area contributed by atoms with Crippen molar-refractivity contribution in [3.8, 4) is 0 Å². The van der Waals surface area contributed by atoms with Gasteiger partial charge in [-0.3, -0.25) is 0 Å². The molecule has 0 aliphatic carbocycles. The van der Waals surface area contributed by atoms with E-state index in [1.165, 1.54) is 11.1 Å². The number of hydrogen-bond acceptors (Lipinski definition) is 3. The summed E-state index contributed by atoms with van der Waals surface area (Å²) in [5.74, 6) is 1.26. The van der Waals surface area contributed by atoms with Crippen molar-refractivity contribution in [3.05, 3.63) is 35.4 Å². The van der Waals surface area contributed by atoms with Crippen molar-refractivity contribution < 1.29 is 8.42 Å². The van der Waals surface area contributed by atoms with E-state index >= 15 is 0 Å². The van der Waals surface area contributed by atoms with Crippen LogP contribution in [0.4, 0.5) is 0 Å². The van der Waals surface area contributed by atoms with Gasteiger partial charge in [0.1, 0.15) is 0 Å². The number of nitrogens with one attached hydrogen (secondary N) is 1. The van der Waals surface area contributed by atoms with E-state index in [0.717, 1.165) is 32.2 Å². The number of rotatable bonds is 6. The molecule has 21 heavy (non-hydrogen) atoms. The lowest BCUT2D eigenvalue weighted by atomic mass is 10.0. The fraction of sp³-hybridized carbons (Fsp3) is 0.647. The summed E-state index contributed by atoms with van der Waals surface area (Å²) in [5, 5.41) is 3.40. The van der Waals surface area contributed by atoms with E-state index < -0.39 is 9.84 Å². The third-order valence-electron chi connectivity index (χ3n) is 4.18. The van der Waals surface area contributed by atoms with Crippen molar-refractivity contribution in [3.63, 3.8) is 0 Å². The molecule has 0 bridgehead atoms. The number of benzene rings is 1. The largest absolute Gasteiger partial charge is 0.313 e. The Kier molecular flexibility index (Phi) is 5.82. The van der Waals surface area contributed by atoms with Crippen LogP contribution < -0.4 is 5.32 Å². The van der Waals surface area contributed by atoms with Gasteiger partial charge in [-0.05, 0) is 49.3 Å². The summed E-state index contributed by atoms with van der Waals surface area (Å²) in [5.41, 5.74) is 2.74. The van der Waals surface area contributed by atoms with Crippen LogP contribution in [0.25, 0.3) is 0 Å². The zero-order chi connectivity index (χ0) is 15.3. The fourth-order valence-electron chi connectivity index (χ4n) is 2.85. The smallest absolute Gasteiger partial charge is 0.151 e. The molecule has 1 heterocycles. The summed E-state index contributed by atoms with van der Waals surface area (Å²) in [6.07, 6.45) is 3.89. The van der Waals surface area contributed by atoms with Gasteiger partial charge in [0.25, 0.3) is 0 Å². The van der Waals surface area contributed by atoms with Gasteiger partial charge in [0, 0.05) is 6.04 Å². The molecule has 2 rings (SSSR count). The quantitative estimate of drug-likeness (QED) is 0.822. The molecule has 0 amide bonds. The maximum Gasteiger partial charge on any atom is 0.151 e. The SMILES string of the molecule is CC(C)c1ccc(CCCNC2CCCS(=O)(=O)C2)cc1. The van der Waals surface area contributed by atoms with E-state index in [4.69, 9.17) is 0 Å². The Labute approximate surface area is 129 Å². The van der Waals surface area contributed by atoms with Crippen LogP contribution in [0.1, 0.15) is 50.2 Å². The van der Waals surface area contributed by atoms with Gasteiger partial charge in [-0.25, -0.2) is 8.42 Å². The highest BCUT2D eigenvalue weighted by atomic mass is 32.2. The molecule has 0 aromatic heterocycles. The molecule has 1 aliphatic heterocycles. The lowest BCUT2D eigenvalue weighted by molar-refractivity contribution is 0.476. The Hall–Kier alpha value is -0.870. The van der Waals surface area contributed by atoms with Gasteiger partial charge in [-0.15, -0.1) is 0 Å². The zero-order valence-corrected chi connectivity index (χ0v) is 14.0. The van der Waals surface area contributed by atoms with Gasteiger partial charge in [0.05, 0.1) is 11.5 Å². The number of hydrogen-bond donors (Lipinski definition) is 1. The van der Waals surface area contributed by atoms with Crippen LogP contribution in [0.2, 0.25) is 0 Å². The zero-order valence-electron chi connectivity index (χ0n) is 13.1. The monoisotopic (exact) mass is 309 g/mol. The first-order valence-corrected chi connectivity index (χ1v) is 9.81. The summed E-state index contributed by atoms with van der Waals surface area (Å²) in [7, 11) is -2.80. The Morgan fingerprint density at radius 3 is 2.57 bits per heavy atom. The highest BCUT2D eigenvalue weighted by Crippen LogP contribution is 2.15. The maximum absolute atomic E-state index is 11.6. The van der Waals surface area contributed by atoms with Crippen molar-refractivity contribution in [2.24, 2.45) is 0 Å². The molecular weight excluding hydrogens is 282 g/mol. The van der Waals surface area contributed by atoms with E-state index in [-0.39, 0.29) is 6.04 Å². The molecule has 0 saturated carbocycles. The van der Waals surface area contributed by atoms with Crippen molar-refractivity contribution in [2.45, 2.75) is 51.5 Å². The minimum Gasteiger partial charge on any atom is -0.313 e. The van der Waals surface area contributed by atoms with Gasteiger partial charge in [0.2, 0.25) is 0 Å². The predicted octanol–water partition coefficient (Wildman–Crippen LogP) is 2.91. The highest BCUT2D eigenvalue weighted by Gasteiger charge is 2.23. The van der Waals surface area contributed by atoms with Crippen molar-refractivity contribution >= 4 is 9.84 Å². The summed E-state index contributed by atoms with van der Waals surface area (Å²) in [6.45, 7) is 5.31. The molecule has 1 aliphatic rings. The molecule has 0 radical (unpaired) electrons. The summed E-state index contributed by atoms with van der Waals surface area (Å²) < 4.78 is 23.1. The van der Waals surface area contributed by atoms with Gasteiger partial charge in [-0.1, -0.05) is 38.1 Å². The standard InChI is InChI=1S/C17H27NO2S/c1-14(2)16-9-7-15(8-10-16)5-3-11-18-17-6-4-12-21(19,20)13-17/h7-10,14,17-18H,3-6,11-13H2,1-2H3. The Morgan fingerprint density at radius 1 is 1.24 bits per heavy atom. The van der Waals surface area contributed by atoms with Crippen LogP contribution in [0.15, 0.2) is 24.3 Å². The molecular formula is C17H27NO2S. The Balaban J connectivity index is 1.70. The first-order chi connectivity index (χ1) is 9.96. The second-order valence-corrected chi connectivity index (χ2v) is 8.64. The van der Waals surface area contributed by atoms with Crippen molar-refractivity contribution in [1.29, 1.82) is 0 Å². The van der Waals surface area contributed by atoms with E-state index in [1.807, 2.05) is 0 Å². The second-order valence-electron chi connectivity index (χ2n) is 6.41. The van der Waals surface area contributed by atoms with Crippen LogP contribution in [0.3, 0.4) is 0 Å². The first-order valence-electron chi connectivity index (χ1n) is 7.99. The summed E-state index contributed by atoms with van der Waals surface area (Å²) >= 11 is 0. The van der Waals surface area contributed by atoms with E-state index in [1.54, 1.807) is 0 Å². The van der Waals surface area contributed by atoms with Crippen LogP contribution in [0, 0.1) is 0 Å². The topological polar surface area (TPSA) is 46.2 Å². The highest BCUT2D eigenvalue weighted by molar-refractivity contribution is 7.91. The van der Waals surface area contributed by atoms with Gasteiger partial charge in [0.15, 0.2) is 9.84 Å². The first kappa shape index (κ1) is 16.5. The second kappa shape index (κ2) is 7.41. The molecule has 1 fully saturated rings. The van der Waals surface area contributed by atoms with Crippen LogP contribution >= 0.6 is 0 Å². The lowest BCUT2D eigenvalue weighted by Gasteiger charge is -2.23. The van der Waals surface area contributed by atoms with Crippen molar-refractivity contribution in [1.82, 2.24) is 5.32 Å². The number of sulfone groups is 1. The molecule has 1 N–H and O–H groups in total. The average Bonchev–Trinajstić information content (AvgIpc) is 2.43. The summed E-state index contributed by atoms with van der Waals surface area (Å²) in [4.78, 5) is 0. The Morgan fingerprint density at radius 2 is 1.95 bits per heavy atom. The molecule has 4 heteroatoms. The van der Waals surface area contributed by atoms with Gasteiger partial charge < -0.3 is 5.32 Å². The van der Waals surface area contributed by atoms with Crippen molar-refractivity contribution in [2.75, 3.05) is 18.1 Å². The minimum atomic E-state index is -2.80. The molecule has 118 valence electrons. The molecule has 1 atom stereocenters. The van der Waals surface area contributed by atoms with Gasteiger partial charge >= 0.3 is 0 Å². The maximum atomic E-state index is 11.6. The number of aryl methyl sites for hydroxylation is 1. The fourth-order valence-corrected chi connectivity index (χ4v) is 4.52. The van der Waals surface area contributed by atoms with E-state index in [9.17, 15) is 8.42 Å². The normalized spacial score (nSPS) is 21.6. The molecule has 1 unspecified atom stereocenters. The predicted molar refractivity (Wildman–Crippen MR) is 88.5 cm³/mol. The third kappa shape index (κ3) is 5.44.